The molecule has 2 N–H and O–H groups in total. The van der Waals surface area contributed by atoms with Gasteiger partial charge >= 0.3 is 12.1 Å². The lowest BCUT2D eigenvalue weighted by Crippen LogP contribution is -2.53. The highest BCUT2D eigenvalue weighted by atomic mass is 19.1. The number of nitrogens with zero attached hydrogens (tertiary/aromatic N) is 1. The van der Waals surface area contributed by atoms with Gasteiger partial charge in [0.1, 0.15) is 23.7 Å². The predicted octanol–water partition coefficient (Wildman–Crippen LogP) is 4.62. The second kappa shape index (κ2) is 8.34. The number of hydrogen-bond acceptors (Lipinski definition) is 3. The van der Waals surface area contributed by atoms with Gasteiger partial charge in [0.15, 0.2) is 0 Å². The van der Waals surface area contributed by atoms with E-state index in [1.165, 1.54) is 12.1 Å². The molecule has 1 amide bonds. The maximum Gasteiger partial charge on any atom is 0.408 e. The zero-order valence-corrected chi connectivity index (χ0v) is 15.8. The molecule has 0 unspecified atom stereocenters. The number of likely N-dealkylation sites (tertiary alicyclic amines) is 1. The summed E-state index contributed by atoms with van der Waals surface area (Å²) in [5, 5.41) is 19.4. The summed E-state index contributed by atoms with van der Waals surface area (Å²) < 4.78 is 19.3. The third-order valence-electron chi connectivity index (χ3n) is 5.31. The highest BCUT2D eigenvalue weighted by Gasteiger charge is 2.54. The van der Waals surface area contributed by atoms with Gasteiger partial charge < -0.3 is 14.9 Å². The smallest absolute Gasteiger partial charge is 0.408 e. The van der Waals surface area contributed by atoms with E-state index in [9.17, 15) is 24.2 Å². The molecule has 0 aromatic heterocycles. The van der Waals surface area contributed by atoms with E-state index < -0.39 is 23.6 Å². The number of halogens is 1. The number of aliphatic carboxylic acids is 1. The van der Waals surface area contributed by atoms with Crippen molar-refractivity contribution in [1.82, 2.24) is 4.90 Å². The van der Waals surface area contributed by atoms with Crippen molar-refractivity contribution in [2.45, 2.75) is 37.5 Å². The van der Waals surface area contributed by atoms with Crippen LogP contribution < -0.4 is 4.74 Å². The molecule has 0 radical (unpaired) electrons. The first-order valence-corrected chi connectivity index (χ1v) is 9.22. The van der Waals surface area contributed by atoms with Gasteiger partial charge in [-0.05, 0) is 43.0 Å². The van der Waals surface area contributed by atoms with Crippen molar-refractivity contribution in [3.05, 3.63) is 78.1 Å². The molecule has 2 atom stereocenters. The Bertz CT molecular complexity index is 914. The average molecular weight is 399 g/mol. The molecular weight excluding hydrogens is 377 g/mol. The lowest BCUT2D eigenvalue weighted by Gasteiger charge is -2.35. The Balaban J connectivity index is 1.78. The quantitative estimate of drug-likeness (QED) is 0.664. The van der Waals surface area contributed by atoms with Crippen molar-refractivity contribution in [1.29, 1.82) is 0 Å². The molecular formula is C22H22FNO5. The predicted molar refractivity (Wildman–Crippen MR) is 104 cm³/mol. The first kappa shape index (κ1) is 20.4. The maximum atomic E-state index is 13.7. The van der Waals surface area contributed by atoms with E-state index >= 15 is 0 Å². The number of carboxylic acid groups (broad SMARTS) is 2. The van der Waals surface area contributed by atoms with E-state index in [1.807, 2.05) is 0 Å². The minimum absolute atomic E-state index is 0.0367. The molecule has 0 saturated carbocycles. The number of amides is 1. The normalized spacial score (nSPS) is 21.0. The van der Waals surface area contributed by atoms with Crippen molar-refractivity contribution in [2.75, 3.05) is 0 Å². The summed E-state index contributed by atoms with van der Waals surface area (Å²) in [6, 6.07) is 12.5. The summed E-state index contributed by atoms with van der Waals surface area (Å²) in [5.41, 5.74) is -0.406. The SMILES string of the molecule is C=CC[C@@]1(C(=O)O)CC[C@H](c2ccc(OCc3ccccc3F)cc2)N1C(=O)O. The molecule has 1 heterocycles. The molecule has 1 aliphatic heterocycles. The molecule has 29 heavy (non-hydrogen) atoms. The Morgan fingerprint density at radius 1 is 1.21 bits per heavy atom. The first-order valence-electron chi connectivity index (χ1n) is 9.22. The standard InChI is InChI=1S/C22H22FNO5/c1-2-12-22(20(25)26)13-11-19(24(22)21(27)28)15-7-9-17(10-8-15)29-14-16-5-3-4-6-18(16)23/h2-10,19H,1,11-14H2,(H,25,26)(H,27,28)/t19-,22+/m1/s1. The fraction of sp³-hybridized carbons (Fsp3) is 0.273. The van der Waals surface area contributed by atoms with Crippen LogP contribution in [0.1, 0.15) is 36.4 Å². The summed E-state index contributed by atoms with van der Waals surface area (Å²) >= 11 is 0. The Hall–Kier alpha value is -3.35. The summed E-state index contributed by atoms with van der Waals surface area (Å²) in [7, 11) is 0. The zero-order chi connectivity index (χ0) is 21.0. The van der Waals surface area contributed by atoms with Crippen LogP contribution in [0.15, 0.2) is 61.2 Å². The van der Waals surface area contributed by atoms with Gasteiger partial charge in [-0.1, -0.05) is 36.4 Å². The summed E-state index contributed by atoms with van der Waals surface area (Å²) in [6.45, 7) is 3.65. The molecule has 1 aliphatic rings. The highest BCUT2D eigenvalue weighted by molar-refractivity contribution is 5.85. The van der Waals surface area contributed by atoms with Crippen molar-refractivity contribution in [3.63, 3.8) is 0 Å². The van der Waals surface area contributed by atoms with Crippen molar-refractivity contribution in [2.24, 2.45) is 0 Å². The molecule has 0 aliphatic carbocycles. The molecule has 6 nitrogen and oxygen atoms in total. The van der Waals surface area contributed by atoms with Crippen LogP contribution >= 0.6 is 0 Å². The highest BCUT2D eigenvalue weighted by Crippen LogP contribution is 2.45. The number of hydrogen-bond donors (Lipinski definition) is 2. The topological polar surface area (TPSA) is 87.1 Å². The summed E-state index contributed by atoms with van der Waals surface area (Å²) in [5.74, 6) is -1.01. The average Bonchev–Trinajstić information content (AvgIpc) is 3.09. The molecule has 7 heteroatoms. The lowest BCUT2D eigenvalue weighted by molar-refractivity contribution is -0.149. The van der Waals surface area contributed by atoms with Crippen LogP contribution in [0.25, 0.3) is 0 Å². The van der Waals surface area contributed by atoms with Gasteiger partial charge in [0.25, 0.3) is 0 Å². The van der Waals surface area contributed by atoms with Crippen LogP contribution in [-0.4, -0.2) is 32.7 Å². The van der Waals surface area contributed by atoms with E-state index in [1.54, 1.807) is 42.5 Å². The number of ether oxygens (including phenoxy) is 1. The molecule has 3 rings (SSSR count). The van der Waals surface area contributed by atoms with Crippen LogP contribution in [0.2, 0.25) is 0 Å². The fourth-order valence-corrected chi connectivity index (χ4v) is 3.85. The summed E-state index contributed by atoms with van der Waals surface area (Å²) in [6.07, 6.45) is 0.788. The van der Waals surface area contributed by atoms with Crippen LogP contribution in [0.3, 0.4) is 0 Å². The van der Waals surface area contributed by atoms with Crippen molar-refractivity contribution < 1.29 is 28.9 Å². The summed E-state index contributed by atoms with van der Waals surface area (Å²) in [4.78, 5) is 24.8. The Morgan fingerprint density at radius 3 is 2.48 bits per heavy atom. The molecule has 1 fully saturated rings. The Morgan fingerprint density at radius 2 is 1.90 bits per heavy atom. The van der Waals surface area contributed by atoms with Crippen LogP contribution in [0.5, 0.6) is 5.75 Å². The number of rotatable bonds is 7. The molecule has 2 aromatic rings. The number of carboxylic acids is 1. The Labute approximate surface area is 167 Å². The van der Waals surface area contributed by atoms with Crippen LogP contribution in [-0.2, 0) is 11.4 Å². The molecule has 0 bridgehead atoms. The lowest BCUT2D eigenvalue weighted by atomic mass is 9.92. The van der Waals surface area contributed by atoms with E-state index in [2.05, 4.69) is 6.58 Å². The molecule has 0 spiro atoms. The first-order chi connectivity index (χ1) is 13.9. The van der Waals surface area contributed by atoms with E-state index in [-0.39, 0.29) is 25.3 Å². The van der Waals surface area contributed by atoms with Gasteiger partial charge in [-0.2, -0.15) is 0 Å². The largest absolute Gasteiger partial charge is 0.489 e. The third kappa shape index (κ3) is 3.94. The minimum Gasteiger partial charge on any atom is -0.489 e. The zero-order valence-electron chi connectivity index (χ0n) is 15.8. The maximum absolute atomic E-state index is 13.7. The van der Waals surface area contributed by atoms with Crippen LogP contribution in [0, 0.1) is 5.82 Å². The van der Waals surface area contributed by atoms with E-state index in [4.69, 9.17) is 4.74 Å². The van der Waals surface area contributed by atoms with Gasteiger partial charge in [0.05, 0.1) is 6.04 Å². The number of carbonyl (C=O) groups is 2. The molecule has 152 valence electrons. The second-order valence-electron chi connectivity index (χ2n) is 6.99. The monoisotopic (exact) mass is 399 g/mol. The van der Waals surface area contributed by atoms with Crippen LogP contribution in [0.4, 0.5) is 9.18 Å². The van der Waals surface area contributed by atoms with Crippen molar-refractivity contribution >= 4 is 12.1 Å². The third-order valence-corrected chi connectivity index (χ3v) is 5.31. The van der Waals surface area contributed by atoms with Crippen molar-refractivity contribution in [3.8, 4) is 5.75 Å². The van der Waals surface area contributed by atoms with E-state index in [0.717, 1.165) is 4.90 Å². The molecule has 2 aromatic carbocycles. The fourth-order valence-electron chi connectivity index (χ4n) is 3.85. The van der Waals surface area contributed by atoms with Gasteiger partial charge in [-0.25, -0.2) is 14.0 Å². The van der Waals surface area contributed by atoms with Gasteiger partial charge in [-0.15, -0.1) is 6.58 Å². The van der Waals surface area contributed by atoms with Gasteiger partial charge in [0, 0.05) is 5.56 Å². The second-order valence-corrected chi connectivity index (χ2v) is 6.99. The van der Waals surface area contributed by atoms with E-state index in [0.29, 0.717) is 23.3 Å². The Kier molecular flexibility index (Phi) is 5.87. The minimum atomic E-state index is -1.52. The number of benzene rings is 2. The van der Waals surface area contributed by atoms with Gasteiger partial charge in [-0.3, -0.25) is 4.90 Å². The molecule has 1 saturated heterocycles. The van der Waals surface area contributed by atoms with Gasteiger partial charge in [0.2, 0.25) is 0 Å².